The van der Waals surface area contributed by atoms with E-state index in [1.807, 2.05) is 0 Å². The first-order valence-electron chi connectivity index (χ1n) is 9.99. The molecule has 0 aliphatic heterocycles. The van der Waals surface area contributed by atoms with Gasteiger partial charge in [-0.25, -0.2) is 22.4 Å². The van der Waals surface area contributed by atoms with Crippen LogP contribution in [0.15, 0.2) is 0 Å². The van der Waals surface area contributed by atoms with Crippen molar-refractivity contribution in [1.82, 2.24) is 0 Å². The van der Waals surface area contributed by atoms with Crippen molar-refractivity contribution >= 4 is 555 Å². The molecule has 0 amide bonds. The van der Waals surface area contributed by atoms with Crippen molar-refractivity contribution in [2.24, 2.45) is 0 Å². The Kier molecular flexibility index (Phi) is 30.2. The summed E-state index contributed by atoms with van der Waals surface area (Å²) in [5.74, 6) is 0. The monoisotopic (exact) mass is 1940 g/mol. The van der Waals surface area contributed by atoms with E-state index >= 15 is 3.89 Å². The Balaban J connectivity index is 8.51. The predicted molar refractivity (Wildman–Crippen MR) is 443 cm³/mol. The molecule has 0 saturated carbocycles. The summed E-state index contributed by atoms with van der Waals surface area (Å²) < 4.78 is 15.3. The van der Waals surface area contributed by atoms with E-state index in [0.717, 1.165) is 0 Å². The van der Waals surface area contributed by atoms with Crippen molar-refractivity contribution in [3.05, 3.63) is 0 Å². The smallest absolute Gasteiger partial charge is 0.131 e. The van der Waals surface area contributed by atoms with Crippen LogP contribution >= 0.6 is 0 Å². The Labute approximate surface area is 542 Å². The van der Waals surface area contributed by atoms with Gasteiger partial charge in [0.25, 0.3) is 0 Å². The predicted octanol–water partition coefficient (Wildman–Crippen LogP) is 0.276. The van der Waals surface area contributed by atoms with Crippen molar-refractivity contribution in [2.45, 2.75) is 0 Å². The van der Waals surface area contributed by atoms with Gasteiger partial charge in [0.15, 0.2) is 0 Å². The van der Waals surface area contributed by atoms with Crippen LogP contribution in [0.1, 0.15) is 0 Å². The number of hydrogen-bond donors (Lipinski definition) is 0. The average molecular weight is 1940 g/mol. The van der Waals surface area contributed by atoms with Crippen molar-refractivity contribution in [3.63, 3.8) is 0 Å². The van der Waals surface area contributed by atoms with Gasteiger partial charge in [-0.2, -0.15) is 0 Å². The maximum Gasteiger partial charge on any atom is 0.131 e. The molecule has 0 rings (SSSR count). The minimum atomic E-state index is -4.15. The first-order valence-corrected chi connectivity index (χ1v) is 89.0. The van der Waals surface area contributed by atoms with Gasteiger partial charge < -0.3 is 0 Å². The van der Waals surface area contributed by atoms with Gasteiger partial charge in [0, 0.05) is 83.4 Å². The summed E-state index contributed by atoms with van der Waals surface area (Å²) in [5, 5.41) is -67.8. The Morgan fingerprint density at radius 3 is 0.377 bits per heavy atom. The Morgan fingerprint density at radius 2 is 0.279 bits per heavy atom. The van der Waals surface area contributed by atoms with E-state index < -0.39 is 107 Å². The topological polar surface area (TPSA) is 0 Å². The molecule has 0 aromatic rings. The summed E-state index contributed by atoms with van der Waals surface area (Å²) in [4.78, 5) is 0. The minimum Gasteiger partial charge on any atom is -0.271 e. The van der Waals surface area contributed by atoms with Gasteiger partial charge in [-0.3, -0.25) is 7.05 Å². The van der Waals surface area contributed by atoms with Crippen LogP contribution in [0, 0.1) is 0 Å². The van der Waals surface area contributed by atoms with E-state index in [4.69, 9.17) is 448 Å². The molecule has 0 spiro atoms. The summed E-state index contributed by atoms with van der Waals surface area (Å²) in [6, 6.07) is 0. The highest BCUT2D eigenvalue weighted by molar-refractivity contribution is 9.79. The van der Waals surface area contributed by atoms with E-state index in [0.29, 0.717) is 0 Å². The summed E-state index contributed by atoms with van der Waals surface area (Å²) >= 11 is 231. The lowest BCUT2D eigenvalue weighted by molar-refractivity contribution is 0.944. The molecule has 61 heavy (non-hydrogen) atoms. The van der Waals surface area contributed by atoms with Crippen LogP contribution in [0.25, 0.3) is 0 Å². The zero-order valence-corrected chi connectivity index (χ0v) is 73.9. The quantitative estimate of drug-likeness (QED) is 0.0989. The first-order chi connectivity index (χ1) is 25.4. The molecule has 0 saturated heterocycles. The fraction of sp³-hybridized carbons (Fsp3) is 0. The molecule has 368 valence electrons. The lowest BCUT2D eigenvalue weighted by Crippen LogP contribution is -2.40. The van der Waals surface area contributed by atoms with E-state index in [1.165, 1.54) is 0 Å². The number of halogens is 1. The third-order valence-electron chi connectivity index (χ3n) is 4.66. The molecule has 0 aromatic carbocycles. The van der Waals surface area contributed by atoms with Crippen LogP contribution in [0.5, 0.6) is 0 Å². The molecule has 0 aliphatic rings. The maximum atomic E-state index is 15.3. The fourth-order valence-corrected chi connectivity index (χ4v) is 432. The summed E-state index contributed by atoms with van der Waals surface area (Å²) in [7, 11) is -1.54. The summed E-state index contributed by atoms with van der Waals surface area (Å²) in [5.41, 5.74) is 0. The van der Waals surface area contributed by atoms with Gasteiger partial charge in [0.1, 0.15) is 6.56 Å². The largest absolute Gasteiger partial charge is 0.271 e. The van der Waals surface area contributed by atoms with Crippen LogP contribution in [0.3, 0.4) is 0 Å². The van der Waals surface area contributed by atoms with Crippen LogP contribution in [-0.4, -0.2) is 0 Å². The second-order valence-electron chi connectivity index (χ2n) is 7.95. The molecule has 0 unspecified atom stereocenters. The SMILES string of the molecule is FS(=S)(=S)S(=S)(=S)S(=S)(=S)S(=S)(=S)S(=S)(=S)S(=S)(=S)S(=S)(=S)S(=S)(=S)S(=S)(=S)S(=S)(=S)S(=S)(=S)S(=S)(=S)S(=S)(=S)S(=S)(=S)S(=S)(=S)S(=S)(=S)S(=S)(=S)S(=S)(=S)S(=S)(=S)[S-](=S)=S. The first kappa shape index (κ1) is 76.7. The highest BCUT2D eigenvalue weighted by atomic mass is 34.5. The van der Waals surface area contributed by atoms with E-state index in [1.54, 1.807) is 0 Å². The zero-order valence-electron chi connectivity index (χ0n) is 24.9. The molecule has 0 radical (unpaired) electrons. The maximum absolute atomic E-state index is 15.3. The van der Waals surface area contributed by atoms with Crippen LogP contribution < -0.4 is 0 Å². The normalized spacial score (nSPS) is 16.8. The highest BCUT2D eigenvalue weighted by Crippen LogP contribution is 2.43. The highest BCUT2D eigenvalue weighted by Gasteiger charge is 2.47. The van der Waals surface area contributed by atoms with Gasteiger partial charge in [-0.15, -0.1) is 3.89 Å². The zero-order chi connectivity index (χ0) is 51.1. The third kappa shape index (κ3) is 12.2. The molecular weight excluding hydrogens is 1940 g/mol. The van der Waals surface area contributed by atoms with Gasteiger partial charge in [0.2, 0.25) is 0 Å². The molecular formula is FS60-. The number of rotatable bonds is 19. The molecule has 0 N–H and O–H groups in total. The van der Waals surface area contributed by atoms with E-state index in [2.05, 4.69) is 0 Å². The Bertz CT molecular complexity index is 4340. The van der Waals surface area contributed by atoms with E-state index in [9.17, 15) is 0 Å². The fourth-order valence-electron chi connectivity index (χ4n) is 1.80. The van der Waals surface area contributed by atoms with Gasteiger partial charge in [0.05, 0.1) is 5.21 Å². The van der Waals surface area contributed by atoms with E-state index in [-0.39, 0.29) is 0 Å². The summed E-state index contributed by atoms with van der Waals surface area (Å²) in [6.45, 7) is -4.15. The van der Waals surface area contributed by atoms with Crippen molar-refractivity contribution in [3.8, 4) is 0 Å². The third-order valence-corrected chi connectivity index (χ3v) is 373. The van der Waals surface area contributed by atoms with Crippen molar-refractivity contribution < 1.29 is 3.89 Å². The standard InChI is InChI=1S/FS60/c1-43(4,5)45(8,9)47(12,13)49(16,17)51(20,21)53(24,25)55(28,29)57(32,33)59(36,37)61(40,41)60(38,39)58(34,35)56(30,31)54(26,27)52(22,23)50(18,19)48(14,15)46(10,11)44(6,7)42(2)3/q-1. The molecule has 0 aromatic heterocycles. The van der Waals surface area contributed by atoms with Gasteiger partial charge in [-0.1, -0.05) is 27.6 Å². The van der Waals surface area contributed by atoms with Gasteiger partial charge in [-0.05, 0) is 403 Å². The molecule has 0 fully saturated rings. The van der Waals surface area contributed by atoms with Crippen molar-refractivity contribution in [2.75, 3.05) is 0 Å². The molecule has 0 nitrogen and oxygen atoms in total. The second kappa shape index (κ2) is 24.0. The molecule has 0 heterocycles. The Hall–Kier alpha value is 15.7. The lowest BCUT2D eigenvalue weighted by Gasteiger charge is -2.36. The molecule has 61 heteroatoms. The number of hydrogen-bond acceptors (Lipinski definition) is 41. The van der Waals surface area contributed by atoms with Crippen LogP contribution in [-0.2, 0) is 555 Å². The minimum absolute atomic E-state index is 1.54. The second-order valence-corrected chi connectivity index (χ2v) is 211. The molecule has 0 atom stereocenters. The average Bonchev–Trinajstić information content (AvgIpc) is 3.02. The molecule has 0 bridgehead atoms. The molecule has 0 aliphatic carbocycles. The Morgan fingerprint density at radius 1 is 0.180 bits per heavy atom. The van der Waals surface area contributed by atoms with Crippen LogP contribution in [0.4, 0.5) is 3.89 Å². The van der Waals surface area contributed by atoms with Gasteiger partial charge >= 0.3 is 0 Å². The lowest BCUT2D eigenvalue weighted by atomic mass is 18.9. The summed E-state index contributed by atoms with van der Waals surface area (Å²) in [6.07, 6.45) is 0. The van der Waals surface area contributed by atoms with Crippen molar-refractivity contribution in [1.29, 1.82) is 0 Å². The van der Waals surface area contributed by atoms with Crippen LogP contribution in [0.2, 0.25) is 0 Å².